The van der Waals surface area contributed by atoms with Crippen LogP contribution in [0, 0.1) is 22.9 Å². The van der Waals surface area contributed by atoms with Gasteiger partial charge >= 0.3 is 6.01 Å². The number of nitrogens with zero attached hydrogens (tertiary/aromatic N) is 4. The molecule has 9 nitrogen and oxygen atoms in total. The van der Waals surface area contributed by atoms with E-state index in [1.807, 2.05) is 4.90 Å². The molecule has 0 spiro atoms. The van der Waals surface area contributed by atoms with E-state index in [0.717, 1.165) is 18.9 Å². The average molecular weight is 585 g/mol. The van der Waals surface area contributed by atoms with Crippen LogP contribution in [0.1, 0.15) is 32.6 Å². The van der Waals surface area contributed by atoms with Crippen molar-refractivity contribution in [3.8, 4) is 23.0 Å². The Morgan fingerprint density at radius 3 is 2.57 bits per heavy atom. The van der Waals surface area contributed by atoms with E-state index in [0.29, 0.717) is 25.2 Å². The highest BCUT2D eigenvalue weighted by Gasteiger charge is 2.43. The maximum Gasteiger partial charge on any atom is 0.319 e. The Kier molecular flexibility index (Phi) is 7.32. The highest BCUT2D eigenvalue weighted by molar-refractivity contribution is 6.00. The largest absolute Gasteiger partial charge is 0.468 e. The van der Waals surface area contributed by atoms with E-state index >= 15 is 8.78 Å². The molecule has 1 aliphatic carbocycles. The lowest BCUT2D eigenvalue weighted by Gasteiger charge is -2.37. The van der Waals surface area contributed by atoms with Crippen LogP contribution in [0.25, 0.3) is 32.9 Å². The molecule has 1 atom stereocenters. The van der Waals surface area contributed by atoms with Gasteiger partial charge in [0.1, 0.15) is 22.8 Å². The Labute approximate surface area is 239 Å². The minimum Gasteiger partial charge on any atom is -0.468 e. The predicted octanol–water partition coefficient (Wildman–Crippen LogP) is 4.75. The van der Waals surface area contributed by atoms with E-state index in [9.17, 15) is 14.6 Å². The SMILES string of the molecule is COCOc1cc(-c2ncc3c(N4CCC[C@@](C)(O)C4)nc(OCC4(CO)CC4)nc3c2F)c2c(F)c(F)ccc2c1. The second-order valence-electron chi connectivity index (χ2n) is 11.5. The van der Waals surface area contributed by atoms with Crippen molar-refractivity contribution < 1.29 is 37.6 Å². The number of benzene rings is 2. The number of anilines is 1. The van der Waals surface area contributed by atoms with Gasteiger partial charge in [0.15, 0.2) is 24.2 Å². The molecular formula is C30H31F3N4O5. The minimum atomic E-state index is -1.15. The number of hydrogen-bond acceptors (Lipinski definition) is 9. The second kappa shape index (κ2) is 10.8. The fraction of sp³-hybridized carbons (Fsp3) is 0.433. The molecule has 2 fully saturated rings. The van der Waals surface area contributed by atoms with Crippen molar-refractivity contribution in [1.29, 1.82) is 0 Å². The predicted molar refractivity (Wildman–Crippen MR) is 149 cm³/mol. The fourth-order valence-electron chi connectivity index (χ4n) is 5.42. The molecule has 2 N–H and O–H groups in total. The van der Waals surface area contributed by atoms with Gasteiger partial charge in [-0.3, -0.25) is 4.98 Å². The van der Waals surface area contributed by atoms with Gasteiger partial charge in [-0.2, -0.15) is 9.97 Å². The molecule has 1 saturated carbocycles. The van der Waals surface area contributed by atoms with Crippen molar-refractivity contribution in [2.75, 3.05) is 45.1 Å². The number of β-amino-alcohol motifs (C(OH)–C–C–N with tert-alkyl or cyclic N) is 1. The van der Waals surface area contributed by atoms with Crippen LogP contribution in [0.4, 0.5) is 19.0 Å². The molecule has 2 aromatic heterocycles. The lowest BCUT2D eigenvalue weighted by Crippen LogP contribution is -2.46. The van der Waals surface area contributed by atoms with E-state index in [1.54, 1.807) is 6.92 Å². The molecule has 0 unspecified atom stereocenters. The number of halogens is 3. The van der Waals surface area contributed by atoms with Crippen LogP contribution in [0.15, 0.2) is 30.5 Å². The third-order valence-corrected chi connectivity index (χ3v) is 8.00. The van der Waals surface area contributed by atoms with E-state index in [1.165, 1.54) is 31.5 Å². The van der Waals surface area contributed by atoms with Crippen molar-refractivity contribution in [2.45, 2.75) is 38.2 Å². The smallest absolute Gasteiger partial charge is 0.319 e. The standard InChI is InChI=1S/C30H31F3N4O5/c1-29(39)6-3-9-37(13-29)27-20-12-34-25(24(33)26(20)35-28(36-27)41-15-30(14-38)7-8-30)19-11-18(42-16-40-2)10-17-4-5-21(31)23(32)22(17)19/h4-5,10-12,38-39H,3,6-9,13-16H2,1-2H3/t29-/m1/s1. The Morgan fingerprint density at radius 2 is 1.86 bits per heavy atom. The normalized spacial score (nSPS) is 19.8. The van der Waals surface area contributed by atoms with Crippen LogP contribution >= 0.6 is 0 Å². The minimum absolute atomic E-state index is 0.0317. The van der Waals surface area contributed by atoms with Gasteiger partial charge in [0.25, 0.3) is 0 Å². The monoisotopic (exact) mass is 584 g/mol. The first-order valence-electron chi connectivity index (χ1n) is 13.7. The van der Waals surface area contributed by atoms with Crippen molar-refractivity contribution in [3.05, 3.63) is 47.9 Å². The molecule has 3 heterocycles. The van der Waals surface area contributed by atoms with E-state index < -0.39 is 23.1 Å². The summed E-state index contributed by atoms with van der Waals surface area (Å²) in [6.07, 6.45) is 4.25. The zero-order valence-corrected chi connectivity index (χ0v) is 23.3. The summed E-state index contributed by atoms with van der Waals surface area (Å²) in [5, 5.41) is 20.9. The first-order valence-corrected chi connectivity index (χ1v) is 13.7. The summed E-state index contributed by atoms with van der Waals surface area (Å²) in [7, 11) is 1.44. The summed E-state index contributed by atoms with van der Waals surface area (Å²) in [5.41, 5.74) is -1.79. The zero-order chi connectivity index (χ0) is 29.6. The van der Waals surface area contributed by atoms with Gasteiger partial charge in [0.2, 0.25) is 0 Å². The quantitative estimate of drug-likeness (QED) is 0.270. The van der Waals surface area contributed by atoms with E-state index in [-0.39, 0.29) is 76.7 Å². The maximum atomic E-state index is 16.5. The number of ether oxygens (including phenoxy) is 3. The first kappa shape index (κ1) is 28.4. The van der Waals surface area contributed by atoms with Crippen LogP contribution in [-0.4, -0.2) is 71.0 Å². The Bertz CT molecular complexity index is 1660. The Morgan fingerprint density at radius 1 is 1.05 bits per heavy atom. The molecule has 12 heteroatoms. The van der Waals surface area contributed by atoms with Crippen LogP contribution in [0.3, 0.4) is 0 Å². The molecule has 0 amide bonds. The summed E-state index contributed by atoms with van der Waals surface area (Å²) in [5.74, 6) is -2.55. The Balaban J connectivity index is 1.53. The van der Waals surface area contributed by atoms with E-state index in [2.05, 4.69) is 15.0 Å². The van der Waals surface area contributed by atoms with E-state index in [4.69, 9.17) is 14.2 Å². The lowest BCUT2D eigenvalue weighted by molar-refractivity contribution is 0.0447. The van der Waals surface area contributed by atoms with Crippen molar-refractivity contribution in [2.24, 2.45) is 5.41 Å². The molecule has 1 aliphatic heterocycles. The van der Waals surface area contributed by atoms with Crippen LogP contribution in [-0.2, 0) is 4.74 Å². The van der Waals surface area contributed by atoms with Gasteiger partial charge in [0.05, 0.1) is 24.2 Å². The number of aromatic nitrogens is 3. The van der Waals surface area contributed by atoms with Crippen molar-refractivity contribution in [3.63, 3.8) is 0 Å². The molecule has 222 valence electrons. The van der Waals surface area contributed by atoms with Gasteiger partial charge < -0.3 is 29.3 Å². The molecule has 4 aromatic rings. The Hall–Kier alpha value is -3.74. The molecule has 6 rings (SSSR count). The highest BCUT2D eigenvalue weighted by atomic mass is 19.2. The third kappa shape index (κ3) is 5.30. The summed E-state index contributed by atoms with van der Waals surface area (Å²) < 4.78 is 62.5. The molecule has 1 saturated heterocycles. The number of piperidine rings is 1. The first-order chi connectivity index (χ1) is 20.1. The summed E-state index contributed by atoms with van der Waals surface area (Å²) in [4.78, 5) is 15.1. The summed E-state index contributed by atoms with van der Waals surface area (Å²) in [6, 6.07) is 5.14. The third-order valence-electron chi connectivity index (χ3n) is 8.00. The molecule has 42 heavy (non-hydrogen) atoms. The number of aliphatic hydroxyl groups excluding tert-OH is 1. The number of methoxy groups -OCH3 is 1. The molecule has 0 bridgehead atoms. The number of rotatable bonds is 9. The van der Waals surface area contributed by atoms with Crippen molar-refractivity contribution >= 4 is 27.5 Å². The number of pyridine rings is 1. The van der Waals surface area contributed by atoms with Gasteiger partial charge in [-0.15, -0.1) is 0 Å². The van der Waals surface area contributed by atoms with Crippen molar-refractivity contribution in [1.82, 2.24) is 15.0 Å². The van der Waals surface area contributed by atoms with Gasteiger partial charge in [-0.05, 0) is 56.2 Å². The molecule has 2 aromatic carbocycles. The van der Waals surface area contributed by atoms with Gasteiger partial charge in [-0.1, -0.05) is 6.07 Å². The second-order valence-corrected chi connectivity index (χ2v) is 11.5. The number of aliphatic hydroxyl groups is 2. The lowest BCUT2D eigenvalue weighted by atomic mass is 9.95. The molecular weight excluding hydrogens is 553 g/mol. The van der Waals surface area contributed by atoms with Gasteiger partial charge in [0, 0.05) is 42.8 Å². The zero-order valence-electron chi connectivity index (χ0n) is 23.3. The van der Waals surface area contributed by atoms with Crippen LogP contribution in [0.2, 0.25) is 0 Å². The fourth-order valence-corrected chi connectivity index (χ4v) is 5.42. The highest BCUT2D eigenvalue weighted by Crippen LogP contribution is 2.45. The maximum absolute atomic E-state index is 16.5. The topological polar surface area (TPSA) is 110 Å². The van der Waals surface area contributed by atoms with Gasteiger partial charge in [-0.25, -0.2) is 13.2 Å². The number of hydrogen-bond donors (Lipinski definition) is 2. The molecule has 2 aliphatic rings. The summed E-state index contributed by atoms with van der Waals surface area (Å²) in [6.45, 7) is 2.51. The summed E-state index contributed by atoms with van der Waals surface area (Å²) >= 11 is 0. The average Bonchev–Trinajstić information content (AvgIpc) is 3.76. The van der Waals surface area contributed by atoms with Crippen LogP contribution in [0.5, 0.6) is 11.8 Å². The van der Waals surface area contributed by atoms with Crippen LogP contribution < -0.4 is 14.4 Å². The number of fused-ring (bicyclic) bond motifs is 2. The molecule has 0 radical (unpaired) electrons.